The van der Waals surface area contributed by atoms with E-state index in [4.69, 9.17) is 4.74 Å². The lowest BCUT2D eigenvalue weighted by molar-refractivity contribution is 0.00738. The Morgan fingerprint density at radius 2 is 2.07 bits per heavy atom. The van der Waals surface area contributed by atoms with Gasteiger partial charge in [-0.3, -0.25) is 0 Å². The van der Waals surface area contributed by atoms with Gasteiger partial charge < -0.3 is 20.1 Å². The number of aliphatic hydroxyl groups excluding tert-OH is 2. The van der Waals surface area contributed by atoms with E-state index in [2.05, 4.69) is 38.7 Å². The maximum Gasteiger partial charge on any atom is 0.0811 e. The molecule has 4 heteroatoms. The number of hydrogen-bond donors (Lipinski definition) is 3. The van der Waals surface area contributed by atoms with Gasteiger partial charge in [-0.25, -0.2) is 0 Å². The highest BCUT2D eigenvalue weighted by Gasteiger charge is 2.46. The highest BCUT2D eigenvalue weighted by atomic mass is 16.5. The van der Waals surface area contributed by atoms with Crippen molar-refractivity contribution in [2.75, 3.05) is 6.61 Å². The number of fused-ring (bicyclic) bond motifs is 1. The molecule has 0 heterocycles. The van der Waals surface area contributed by atoms with Crippen molar-refractivity contribution in [3.05, 3.63) is 47.1 Å². The molecule has 3 aliphatic rings. The molecule has 0 radical (unpaired) electrons. The van der Waals surface area contributed by atoms with Crippen LogP contribution in [0, 0.1) is 11.3 Å². The van der Waals surface area contributed by atoms with Crippen LogP contribution in [-0.2, 0) is 4.74 Å². The molecule has 0 unspecified atom stereocenters. The number of allylic oxidation sites excluding steroid dienone is 4. The van der Waals surface area contributed by atoms with Crippen molar-refractivity contribution in [2.45, 2.75) is 96.6 Å². The lowest BCUT2D eigenvalue weighted by Crippen LogP contribution is -2.35. The van der Waals surface area contributed by atoms with Gasteiger partial charge in [0.15, 0.2) is 0 Å². The lowest BCUT2D eigenvalue weighted by atomic mass is 9.63. The van der Waals surface area contributed by atoms with Crippen LogP contribution in [-0.4, -0.2) is 45.8 Å². The topological polar surface area (TPSA) is 69.9 Å². The summed E-state index contributed by atoms with van der Waals surface area (Å²) in [7, 11) is 0. The number of rotatable bonds is 6. The highest BCUT2D eigenvalue weighted by molar-refractivity contribution is 5.40. The van der Waals surface area contributed by atoms with Gasteiger partial charge in [-0.15, -0.1) is 0 Å². The van der Waals surface area contributed by atoms with Crippen LogP contribution in [0.15, 0.2) is 47.1 Å². The molecular weight excluding hydrogens is 376 g/mol. The van der Waals surface area contributed by atoms with Crippen molar-refractivity contribution in [3.8, 4) is 0 Å². The average molecular weight is 417 g/mol. The van der Waals surface area contributed by atoms with E-state index in [-0.39, 0.29) is 11.5 Å². The monoisotopic (exact) mass is 416 g/mol. The van der Waals surface area contributed by atoms with Gasteiger partial charge in [-0.2, -0.15) is 0 Å². The van der Waals surface area contributed by atoms with E-state index >= 15 is 0 Å². The highest BCUT2D eigenvalue weighted by Crippen LogP contribution is 2.55. The zero-order chi connectivity index (χ0) is 22.1. The van der Waals surface area contributed by atoms with Crippen molar-refractivity contribution in [1.29, 1.82) is 0 Å². The van der Waals surface area contributed by atoms with Gasteiger partial charge in [0.25, 0.3) is 0 Å². The van der Waals surface area contributed by atoms with Gasteiger partial charge in [-0.1, -0.05) is 37.3 Å². The maximum absolute atomic E-state index is 10.1. The smallest absolute Gasteiger partial charge is 0.0811 e. The van der Waals surface area contributed by atoms with Crippen LogP contribution in [0.2, 0.25) is 0 Å². The van der Waals surface area contributed by atoms with E-state index in [9.17, 15) is 15.3 Å². The van der Waals surface area contributed by atoms with Crippen molar-refractivity contribution in [2.24, 2.45) is 11.3 Å². The van der Waals surface area contributed by atoms with Crippen LogP contribution in [0.4, 0.5) is 0 Å². The normalized spacial score (nSPS) is 36.2. The zero-order valence-corrected chi connectivity index (χ0v) is 19.2. The van der Waals surface area contributed by atoms with E-state index in [1.807, 2.05) is 13.8 Å². The first kappa shape index (κ1) is 23.5. The van der Waals surface area contributed by atoms with Gasteiger partial charge in [-0.05, 0) is 87.3 Å². The third-order valence-corrected chi connectivity index (χ3v) is 7.40. The standard InChI is InChI=1S/C26H40O4/c1-17-20(15-21(27)16-24(17)28)9-8-19-7-6-12-26(5)22(10-11-23(19)26)18(2)30-14-13-25(3,4)29/h8-10,18,21,23-24,27-29H,1,6-7,11-16H2,2-5H3/b19-8+,20-9-/t18-,21-,23+,24+,26-/m1/s1. The summed E-state index contributed by atoms with van der Waals surface area (Å²) in [6.45, 7) is 12.7. The summed E-state index contributed by atoms with van der Waals surface area (Å²) in [4.78, 5) is 0. The summed E-state index contributed by atoms with van der Waals surface area (Å²) < 4.78 is 6.12. The van der Waals surface area contributed by atoms with E-state index in [1.165, 1.54) is 17.6 Å². The molecule has 0 spiro atoms. The van der Waals surface area contributed by atoms with Gasteiger partial charge in [0.05, 0.1) is 30.5 Å². The fourth-order valence-corrected chi connectivity index (χ4v) is 5.52. The molecule has 30 heavy (non-hydrogen) atoms. The predicted molar refractivity (Wildman–Crippen MR) is 121 cm³/mol. The number of hydrogen-bond acceptors (Lipinski definition) is 4. The van der Waals surface area contributed by atoms with Crippen LogP contribution in [0.3, 0.4) is 0 Å². The molecule has 3 N–H and O–H groups in total. The molecule has 0 saturated heterocycles. The first-order valence-corrected chi connectivity index (χ1v) is 11.5. The Bertz CT molecular complexity index is 739. The Hall–Kier alpha value is -1.20. The molecule has 3 rings (SSSR count). The maximum atomic E-state index is 10.1. The Morgan fingerprint density at radius 3 is 2.77 bits per heavy atom. The summed E-state index contributed by atoms with van der Waals surface area (Å²) >= 11 is 0. The molecule has 2 fully saturated rings. The van der Waals surface area contributed by atoms with E-state index in [0.29, 0.717) is 31.8 Å². The Balaban J connectivity index is 1.71. The van der Waals surface area contributed by atoms with E-state index in [0.717, 1.165) is 30.4 Å². The zero-order valence-electron chi connectivity index (χ0n) is 19.2. The minimum Gasteiger partial charge on any atom is -0.393 e. The summed E-state index contributed by atoms with van der Waals surface area (Å²) in [5, 5.41) is 30.1. The predicted octanol–water partition coefficient (Wildman–Crippen LogP) is 4.61. The van der Waals surface area contributed by atoms with Crippen molar-refractivity contribution in [3.63, 3.8) is 0 Å². The van der Waals surface area contributed by atoms with Crippen LogP contribution >= 0.6 is 0 Å². The van der Waals surface area contributed by atoms with E-state index in [1.54, 1.807) is 0 Å². The Labute approximate surface area is 182 Å². The Kier molecular flexibility index (Phi) is 7.13. The van der Waals surface area contributed by atoms with Crippen molar-refractivity contribution in [1.82, 2.24) is 0 Å². The summed E-state index contributed by atoms with van der Waals surface area (Å²) in [6.07, 6.45) is 11.6. The molecule has 2 saturated carbocycles. The molecule has 0 aromatic heterocycles. The first-order valence-electron chi connectivity index (χ1n) is 11.5. The molecular formula is C26H40O4. The molecule has 0 aromatic carbocycles. The SMILES string of the molecule is C=C1/C(=C\C=C2/CCC[C@]3(C)C([C@@H](C)OCCC(C)(C)O)=CC[C@@H]23)C[C@@H](O)C[C@@H]1O. The third-order valence-electron chi connectivity index (χ3n) is 7.40. The quantitative estimate of drug-likeness (QED) is 0.553. The third kappa shape index (κ3) is 5.16. The molecule has 0 amide bonds. The van der Waals surface area contributed by atoms with Gasteiger partial charge in [0.1, 0.15) is 0 Å². The number of aliphatic hydroxyl groups is 3. The second-order valence-electron chi connectivity index (χ2n) is 10.4. The van der Waals surface area contributed by atoms with Gasteiger partial charge in [0.2, 0.25) is 0 Å². The van der Waals surface area contributed by atoms with Gasteiger partial charge >= 0.3 is 0 Å². The molecule has 0 bridgehead atoms. The molecule has 168 valence electrons. The summed E-state index contributed by atoms with van der Waals surface area (Å²) in [6, 6.07) is 0. The minimum absolute atomic E-state index is 0.0588. The average Bonchev–Trinajstić information content (AvgIpc) is 3.00. The largest absolute Gasteiger partial charge is 0.393 e. The van der Waals surface area contributed by atoms with Crippen molar-refractivity contribution < 1.29 is 20.1 Å². The lowest BCUT2D eigenvalue weighted by Gasteiger charge is -2.42. The Morgan fingerprint density at radius 1 is 1.33 bits per heavy atom. The minimum atomic E-state index is -0.700. The summed E-state index contributed by atoms with van der Waals surface area (Å²) in [5.74, 6) is 0.477. The van der Waals surface area contributed by atoms with Gasteiger partial charge in [0, 0.05) is 6.42 Å². The molecule has 5 atom stereocenters. The van der Waals surface area contributed by atoms with Crippen LogP contribution in [0.5, 0.6) is 0 Å². The van der Waals surface area contributed by atoms with Crippen molar-refractivity contribution >= 4 is 0 Å². The fraction of sp³-hybridized carbons (Fsp3) is 0.692. The molecule has 3 aliphatic carbocycles. The van der Waals surface area contributed by atoms with Crippen LogP contribution in [0.1, 0.15) is 72.6 Å². The summed E-state index contributed by atoms with van der Waals surface area (Å²) in [5.41, 5.74) is 3.97. The fourth-order valence-electron chi connectivity index (χ4n) is 5.52. The molecule has 0 aliphatic heterocycles. The molecule has 0 aromatic rings. The first-order chi connectivity index (χ1) is 14.0. The second kappa shape index (κ2) is 9.12. The van der Waals surface area contributed by atoms with E-state index < -0.39 is 17.8 Å². The second-order valence-corrected chi connectivity index (χ2v) is 10.4. The van der Waals surface area contributed by atoms with Crippen LogP contribution in [0.25, 0.3) is 0 Å². The number of ether oxygens (including phenoxy) is 1. The molecule has 4 nitrogen and oxygen atoms in total. The van der Waals surface area contributed by atoms with Crippen LogP contribution < -0.4 is 0 Å².